The lowest BCUT2D eigenvalue weighted by molar-refractivity contribution is 0.415. The molecule has 1 aromatic carbocycles. The van der Waals surface area contributed by atoms with Gasteiger partial charge in [0.05, 0.1) is 3.79 Å². The van der Waals surface area contributed by atoms with E-state index in [-0.39, 0.29) is 6.54 Å². The molecule has 0 atom stereocenters. The monoisotopic (exact) mass is 441 g/mol. The van der Waals surface area contributed by atoms with Gasteiger partial charge in [0, 0.05) is 25.6 Å². The lowest BCUT2D eigenvalue weighted by atomic mass is 10.1. The summed E-state index contributed by atoms with van der Waals surface area (Å²) >= 11 is 4.47. The van der Waals surface area contributed by atoms with E-state index in [1.807, 2.05) is 31.2 Å². The van der Waals surface area contributed by atoms with Gasteiger partial charge in [-0.3, -0.25) is 0 Å². The van der Waals surface area contributed by atoms with Gasteiger partial charge in [0.25, 0.3) is 15.9 Å². The van der Waals surface area contributed by atoms with Gasteiger partial charge >= 0.3 is 0 Å². The largest absolute Gasteiger partial charge is 0.334 e. The van der Waals surface area contributed by atoms with Crippen LogP contribution in [-0.4, -0.2) is 36.5 Å². The van der Waals surface area contributed by atoms with Crippen LogP contribution in [0.5, 0.6) is 0 Å². The first kappa shape index (κ1) is 18.2. The van der Waals surface area contributed by atoms with Crippen molar-refractivity contribution in [1.82, 2.24) is 14.4 Å². The molecular weight excluding hydrogens is 426 g/mol. The SMILES string of the molecule is Cc1cccc(-c2nc(CCN(C)S(=O)(=O)c3ccc(Br)s3)no2)c1. The highest BCUT2D eigenvalue weighted by atomic mass is 79.9. The number of benzene rings is 1. The van der Waals surface area contributed by atoms with Crippen molar-refractivity contribution in [3.8, 4) is 11.5 Å². The lowest BCUT2D eigenvalue weighted by Gasteiger charge is -2.14. The van der Waals surface area contributed by atoms with E-state index in [2.05, 4.69) is 26.1 Å². The molecule has 9 heteroatoms. The standard InChI is InChI=1S/C16H16BrN3O3S2/c1-11-4-3-5-12(10-11)16-18-14(19-23-16)8-9-20(2)25(21,22)15-7-6-13(17)24-15/h3-7,10H,8-9H2,1-2H3. The Morgan fingerprint density at radius 1 is 1.28 bits per heavy atom. The van der Waals surface area contributed by atoms with Crippen LogP contribution in [0.3, 0.4) is 0 Å². The summed E-state index contributed by atoms with van der Waals surface area (Å²) in [5, 5.41) is 3.94. The summed E-state index contributed by atoms with van der Waals surface area (Å²) in [6.07, 6.45) is 0.373. The van der Waals surface area contributed by atoms with Crippen LogP contribution in [0, 0.1) is 6.92 Å². The Kier molecular flexibility index (Phi) is 5.38. The fourth-order valence-electron chi connectivity index (χ4n) is 2.22. The zero-order chi connectivity index (χ0) is 18.0. The highest BCUT2D eigenvalue weighted by Crippen LogP contribution is 2.28. The Labute approximate surface area is 158 Å². The number of hydrogen-bond donors (Lipinski definition) is 0. The second-order valence-corrected chi connectivity index (χ2v) is 10.3. The van der Waals surface area contributed by atoms with Crippen LogP contribution in [0.1, 0.15) is 11.4 Å². The summed E-state index contributed by atoms with van der Waals surface area (Å²) in [6.45, 7) is 2.26. The van der Waals surface area contributed by atoms with E-state index in [0.29, 0.717) is 22.3 Å². The smallest absolute Gasteiger partial charge is 0.257 e. The molecule has 0 aliphatic rings. The number of aryl methyl sites for hydroxylation is 1. The quantitative estimate of drug-likeness (QED) is 0.582. The van der Waals surface area contributed by atoms with Crippen LogP contribution >= 0.6 is 27.3 Å². The first-order chi connectivity index (χ1) is 11.9. The minimum absolute atomic E-state index is 0.268. The Balaban J connectivity index is 1.68. The maximum absolute atomic E-state index is 12.5. The summed E-state index contributed by atoms with van der Waals surface area (Å²) in [6, 6.07) is 11.1. The maximum Gasteiger partial charge on any atom is 0.257 e. The van der Waals surface area contributed by atoms with Gasteiger partial charge < -0.3 is 4.52 Å². The number of aromatic nitrogens is 2. The number of nitrogens with zero attached hydrogens (tertiary/aromatic N) is 3. The van der Waals surface area contributed by atoms with Crippen molar-refractivity contribution in [1.29, 1.82) is 0 Å². The molecule has 0 amide bonds. The molecule has 0 aliphatic carbocycles. The maximum atomic E-state index is 12.5. The van der Waals surface area contributed by atoms with Crippen molar-refractivity contribution in [3.63, 3.8) is 0 Å². The van der Waals surface area contributed by atoms with Gasteiger partial charge in [0.2, 0.25) is 0 Å². The zero-order valence-corrected chi connectivity index (χ0v) is 16.9. The second kappa shape index (κ2) is 7.36. The Morgan fingerprint density at radius 2 is 2.08 bits per heavy atom. The van der Waals surface area contributed by atoms with Gasteiger partial charge in [-0.25, -0.2) is 8.42 Å². The Hall–Kier alpha value is -1.55. The minimum Gasteiger partial charge on any atom is -0.334 e. The number of thiophene rings is 1. The van der Waals surface area contributed by atoms with Crippen molar-refractivity contribution in [2.24, 2.45) is 0 Å². The number of halogens is 1. The zero-order valence-electron chi connectivity index (χ0n) is 13.6. The van der Waals surface area contributed by atoms with Crippen molar-refractivity contribution >= 4 is 37.3 Å². The molecule has 0 fully saturated rings. The molecule has 0 unspecified atom stereocenters. The van der Waals surface area contributed by atoms with E-state index in [0.717, 1.165) is 14.9 Å². The third kappa shape index (κ3) is 4.17. The summed E-state index contributed by atoms with van der Waals surface area (Å²) in [7, 11) is -1.96. The molecule has 0 N–H and O–H groups in total. The van der Waals surface area contributed by atoms with Crippen LogP contribution in [0.4, 0.5) is 0 Å². The van der Waals surface area contributed by atoms with Crippen LogP contribution < -0.4 is 0 Å². The highest BCUT2D eigenvalue weighted by Gasteiger charge is 2.23. The van der Waals surface area contributed by atoms with E-state index < -0.39 is 10.0 Å². The topological polar surface area (TPSA) is 76.3 Å². The molecule has 0 aliphatic heterocycles. The molecular formula is C16H16BrN3O3S2. The minimum atomic E-state index is -3.50. The predicted molar refractivity (Wildman–Crippen MR) is 100 cm³/mol. The molecule has 3 rings (SSSR count). The Morgan fingerprint density at radius 3 is 2.76 bits per heavy atom. The molecule has 25 heavy (non-hydrogen) atoms. The third-order valence-electron chi connectivity index (χ3n) is 3.60. The second-order valence-electron chi connectivity index (χ2n) is 5.52. The fraction of sp³-hybridized carbons (Fsp3) is 0.250. The molecule has 2 heterocycles. The molecule has 0 radical (unpaired) electrons. The fourth-order valence-corrected chi connectivity index (χ4v) is 5.61. The predicted octanol–water partition coefficient (Wildman–Crippen LogP) is 3.73. The molecule has 6 nitrogen and oxygen atoms in total. The normalized spacial score (nSPS) is 12.0. The van der Waals surface area contributed by atoms with Crippen LogP contribution in [-0.2, 0) is 16.4 Å². The molecule has 0 saturated carbocycles. The van der Waals surface area contributed by atoms with Crippen LogP contribution in [0.2, 0.25) is 0 Å². The highest BCUT2D eigenvalue weighted by molar-refractivity contribution is 9.11. The number of sulfonamides is 1. The van der Waals surface area contributed by atoms with Gasteiger partial charge in [0.15, 0.2) is 5.82 Å². The molecule has 2 aromatic heterocycles. The molecule has 0 saturated heterocycles. The Bertz CT molecular complexity index is 982. The number of likely N-dealkylation sites (N-methyl/N-ethyl adjacent to an activating group) is 1. The first-order valence-electron chi connectivity index (χ1n) is 7.47. The van der Waals surface area contributed by atoms with Crippen molar-refractivity contribution in [2.75, 3.05) is 13.6 Å². The van der Waals surface area contributed by atoms with E-state index in [1.54, 1.807) is 19.2 Å². The van der Waals surface area contributed by atoms with E-state index in [9.17, 15) is 8.42 Å². The van der Waals surface area contributed by atoms with E-state index in [1.165, 1.54) is 15.6 Å². The average Bonchev–Trinajstić information content (AvgIpc) is 3.22. The first-order valence-corrected chi connectivity index (χ1v) is 10.5. The van der Waals surface area contributed by atoms with Gasteiger partial charge in [0.1, 0.15) is 4.21 Å². The average molecular weight is 442 g/mol. The summed E-state index contributed by atoms with van der Waals surface area (Å²) in [5.41, 5.74) is 1.95. The van der Waals surface area contributed by atoms with Crippen LogP contribution in [0.15, 0.2) is 48.9 Å². The van der Waals surface area contributed by atoms with Gasteiger partial charge in [-0.2, -0.15) is 9.29 Å². The van der Waals surface area contributed by atoms with Crippen LogP contribution in [0.25, 0.3) is 11.5 Å². The lowest BCUT2D eigenvalue weighted by Crippen LogP contribution is -2.28. The van der Waals surface area contributed by atoms with Crippen molar-refractivity contribution in [3.05, 3.63) is 51.6 Å². The van der Waals surface area contributed by atoms with Gasteiger partial charge in [-0.1, -0.05) is 22.9 Å². The van der Waals surface area contributed by atoms with Crippen molar-refractivity contribution in [2.45, 2.75) is 17.6 Å². The van der Waals surface area contributed by atoms with E-state index in [4.69, 9.17) is 4.52 Å². The molecule has 132 valence electrons. The summed E-state index contributed by atoms with van der Waals surface area (Å²) in [5.74, 6) is 0.914. The van der Waals surface area contributed by atoms with E-state index >= 15 is 0 Å². The number of hydrogen-bond acceptors (Lipinski definition) is 6. The van der Waals surface area contributed by atoms with Gasteiger partial charge in [-0.05, 0) is 47.1 Å². The number of rotatable bonds is 6. The summed E-state index contributed by atoms with van der Waals surface area (Å²) < 4.78 is 32.6. The molecule has 3 aromatic rings. The molecule has 0 bridgehead atoms. The third-order valence-corrected chi connectivity index (χ3v) is 7.54. The van der Waals surface area contributed by atoms with Crippen molar-refractivity contribution < 1.29 is 12.9 Å². The van der Waals surface area contributed by atoms with Gasteiger partial charge in [-0.15, -0.1) is 11.3 Å². The summed E-state index contributed by atoms with van der Waals surface area (Å²) in [4.78, 5) is 4.35. The molecule has 0 spiro atoms.